The van der Waals surface area contributed by atoms with Gasteiger partial charge in [0.1, 0.15) is 19.8 Å². The molecule has 0 heterocycles. The van der Waals surface area contributed by atoms with Crippen molar-refractivity contribution >= 4 is 19.8 Å². The van der Waals surface area contributed by atoms with E-state index < -0.39 is 26.5 Å². The highest BCUT2D eigenvalue weighted by atomic mass is 31.2. The molecule has 0 aromatic heterocycles. The molecular formula is C50H99NO8P+. The van der Waals surface area contributed by atoms with Crippen LogP contribution in [0.1, 0.15) is 245 Å². The van der Waals surface area contributed by atoms with Crippen molar-refractivity contribution in [3.63, 3.8) is 0 Å². The number of rotatable bonds is 47. The average Bonchev–Trinajstić information content (AvgIpc) is 3.20. The van der Waals surface area contributed by atoms with E-state index in [0.717, 1.165) is 32.1 Å². The van der Waals surface area contributed by atoms with E-state index in [0.29, 0.717) is 23.9 Å². The third kappa shape index (κ3) is 46.3. The third-order valence-electron chi connectivity index (χ3n) is 11.3. The van der Waals surface area contributed by atoms with Crippen LogP contribution < -0.4 is 0 Å². The van der Waals surface area contributed by atoms with Gasteiger partial charge in [0, 0.05) is 12.8 Å². The topological polar surface area (TPSA) is 108 Å². The first-order valence-electron chi connectivity index (χ1n) is 25.4. The van der Waals surface area contributed by atoms with E-state index in [1.54, 1.807) is 0 Å². The van der Waals surface area contributed by atoms with Crippen molar-refractivity contribution in [2.75, 3.05) is 47.5 Å². The van der Waals surface area contributed by atoms with E-state index in [-0.39, 0.29) is 25.6 Å². The van der Waals surface area contributed by atoms with Gasteiger partial charge in [-0.3, -0.25) is 18.6 Å². The number of quaternary nitrogens is 1. The first-order chi connectivity index (χ1) is 29.0. The molecule has 0 bridgehead atoms. The van der Waals surface area contributed by atoms with Crippen LogP contribution in [-0.4, -0.2) is 74.9 Å². The largest absolute Gasteiger partial charge is 0.472 e. The highest BCUT2D eigenvalue weighted by molar-refractivity contribution is 7.47. The number of carbonyl (C=O) groups excluding carboxylic acids is 2. The van der Waals surface area contributed by atoms with E-state index in [1.807, 2.05) is 21.1 Å². The summed E-state index contributed by atoms with van der Waals surface area (Å²) in [6.45, 7) is 4.47. The number of unbranched alkanes of at least 4 members (excludes halogenated alkanes) is 31. The van der Waals surface area contributed by atoms with Gasteiger partial charge >= 0.3 is 19.8 Å². The van der Waals surface area contributed by atoms with Gasteiger partial charge in [-0.15, -0.1) is 0 Å². The molecule has 0 aliphatic rings. The summed E-state index contributed by atoms with van der Waals surface area (Å²) in [5.74, 6) is -0.786. The number of esters is 2. The Morgan fingerprint density at radius 3 is 1.23 bits per heavy atom. The molecule has 0 aliphatic heterocycles. The first-order valence-corrected chi connectivity index (χ1v) is 26.9. The number of hydrogen-bond donors (Lipinski definition) is 1. The molecule has 10 heteroatoms. The molecule has 0 spiro atoms. The van der Waals surface area contributed by atoms with Crippen LogP contribution in [0.15, 0.2) is 12.2 Å². The molecule has 2 atom stereocenters. The van der Waals surface area contributed by atoms with Crippen LogP contribution in [0.3, 0.4) is 0 Å². The van der Waals surface area contributed by atoms with Gasteiger partial charge in [0.2, 0.25) is 0 Å². The smallest absolute Gasteiger partial charge is 0.462 e. The Hall–Kier alpha value is -1.25. The molecule has 9 nitrogen and oxygen atoms in total. The summed E-state index contributed by atoms with van der Waals surface area (Å²) in [6.07, 6.45) is 46.8. The van der Waals surface area contributed by atoms with Crippen molar-refractivity contribution in [1.29, 1.82) is 0 Å². The summed E-state index contributed by atoms with van der Waals surface area (Å²) >= 11 is 0. The molecule has 1 N–H and O–H groups in total. The van der Waals surface area contributed by atoms with Gasteiger partial charge in [0.15, 0.2) is 6.10 Å². The Balaban J connectivity index is 4.23. The van der Waals surface area contributed by atoms with Crippen LogP contribution in [0, 0.1) is 0 Å². The summed E-state index contributed by atoms with van der Waals surface area (Å²) in [7, 11) is 1.49. The molecule has 0 radical (unpaired) electrons. The zero-order valence-corrected chi connectivity index (χ0v) is 41.1. The Bertz CT molecular complexity index is 1030. The Labute approximate surface area is 371 Å². The SMILES string of the molecule is CCCCCCCC/C=C\CCCCCCCCCCCC(=O)OC(COC(=O)CCCCCCCCCCCCCCCCCCC)COP(=O)(O)OCC[N+](C)(C)C. The number of phosphoric ester groups is 1. The standard InChI is InChI=1S/C50H98NO8P/c1-6-8-10-12-14-16-18-20-22-24-25-27-29-31-33-35-37-39-41-43-50(53)59-48(47-58-60(54,55)57-45-44-51(3,4)5)46-56-49(52)42-40-38-36-34-32-30-28-26-23-21-19-17-15-13-11-9-7-2/h20,22,48H,6-19,21,23-47H2,1-5H3/p+1/b22-20-. The minimum absolute atomic E-state index is 0.0348. The predicted octanol–water partition coefficient (Wildman–Crippen LogP) is 14.9. The zero-order chi connectivity index (χ0) is 44.3. The van der Waals surface area contributed by atoms with Gasteiger partial charge in [-0.2, -0.15) is 0 Å². The number of carbonyl (C=O) groups is 2. The van der Waals surface area contributed by atoms with E-state index in [2.05, 4.69) is 26.0 Å². The van der Waals surface area contributed by atoms with Crippen molar-refractivity contribution in [2.24, 2.45) is 0 Å². The fraction of sp³-hybridized carbons (Fsp3) is 0.920. The van der Waals surface area contributed by atoms with Crippen molar-refractivity contribution in [1.82, 2.24) is 0 Å². The molecule has 0 aliphatic carbocycles. The van der Waals surface area contributed by atoms with Crippen molar-refractivity contribution in [2.45, 2.75) is 251 Å². The number of allylic oxidation sites excluding steroid dienone is 2. The van der Waals surface area contributed by atoms with Crippen molar-refractivity contribution < 1.29 is 42.1 Å². The van der Waals surface area contributed by atoms with Crippen LogP contribution in [0.25, 0.3) is 0 Å². The van der Waals surface area contributed by atoms with E-state index in [9.17, 15) is 19.0 Å². The molecule has 0 amide bonds. The normalized spacial score (nSPS) is 13.5. The molecule has 0 fully saturated rings. The van der Waals surface area contributed by atoms with Crippen molar-refractivity contribution in [3.8, 4) is 0 Å². The van der Waals surface area contributed by atoms with Crippen LogP contribution in [-0.2, 0) is 32.7 Å². The van der Waals surface area contributed by atoms with Gasteiger partial charge in [-0.05, 0) is 38.5 Å². The molecule has 60 heavy (non-hydrogen) atoms. The lowest BCUT2D eigenvalue weighted by atomic mass is 10.0. The maximum atomic E-state index is 12.7. The molecule has 0 rings (SSSR count). The molecule has 0 saturated carbocycles. The van der Waals surface area contributed by atoms with Crippen LogP contribution in [0.5, 0.6) is 0 Å². The lowest BCUT2D eigenvalue weighted by molar-refractivity contribution is -0.870. The van der Waals surface area contributed by atoms with E-state index in [1.165, 1.54) is 180 Å². The third-order valence-corrected chi connectivity index (χ3v) is 12.3. The number of hydrogen-bond acceptors (Lipinski definition) is 7. The highest BCUT2D eigenvalue weighted by Crippen LogP contribution is 2.43. The number of phosphoric acid groups is 1. The molecule has 0 aromatic carbocycles. The number of likely N-dealkylation sites (N-methyl/N-ethyl adjacent to an activating group) is 1. The summed E-state index contributed by atoms with van der Waals surface area (Å²) in [5.41, 5.74) is 0. The van der Waals surface area contributed by atoms with Gasteiger partial charge in [0.05, 0.1) is 27.7 Å². The Morgan fingerprint density at radius 1 is 0.500 bits per heavy atom. The maximum Gasteiger partial charge on any atom is 0.472 e. The van der Waals surface area contributed by atoms with Gasteiger partial charge in [0.25, 0.3) is 0 Å². The molecule has 0 saturated heterocycles. The number of nitrogens with zero attached hydrogens (tertiary/aromatic N) is 1. The lowest BCUT2D eigenvalue weighted by Gasteiger charge is -2.24. The second-order valence-electron chi connectivity index (χ2n) is 18.6. The molecular weight excluding hydrogens is 774 g/mol. The monoisotopic (exact) mass is 873 g/mol. The first kappa shape index (κ1) is 58.8. The molecule has 356 valence electrons. The maximum absolute atomic E-state index is 12.7. The van der Waals surface area contributed by atoms with Crippen LogP contribution in [0.2, 0.25) is 0 Å². The highest BCUT2D eigenvalue weighted by Gasteiger charge is 2.27. The zero-order valence-electron chi connectivity index (χ0n) is 40.2. The Kier molecular flexibility index (Phi) is 42.1. The van der Waals surface area contributed by atoms with Crippen LogP contribution in [0.4, 0.5) is 0 Å². The van der Waals surface area contributed by atoms with E-state index >= 15 is 0 Å². The second kappa shape index (κ2) is 43.0. The number of ether oxygens (including phenoxy) is 2. The molecule has 2 unspecified atom stereocenters. The van der Waals surface area contributed by atoms with E-state index in [4.69, 9.17) is 18.5 Å². The van der Waals surface area contributed by atoms with Gasteiger partial charge < -0.3 is 18.9 Å². The molecule has 0 aromatic rings. The minimum atomic E-state index is -4.37. The average molecular weight is 873 g/mol. The van der Waals surface area contributed by atoms with Gasteiger partial charge in [-0.1, -0.05) is 206 Å². The second-order valence-corrected chi connectivity index (χ2v) is 20.0. The fourth-order valence-corrected chi connectivity index (χ4v) is 8.05. The minimum Gasteiger partial charge on any atom is -0.462 e. The summed E-state index contributed by atoms with van der Waals surface area (Å²) in [5, 5.41) is 0. The summed E-state index contributed by atoms with van der Waals surface area (Å²) in [6, 6.07) is 0. The Morgan fingerprint density at radius 2 is 0.850 bits per heavy atom. The quantitative estimate of drug-likeness (QED) is 0.0212. The fourth-order valence-electron chi connectivity index (χ4n) is 7.31. The summed E-state index contributed by atoms with van der Waals surface area (Å²) < 4.78 is 34.5. The predicted molar refractivity (Wildman–Crippen MR) is 252 cm³/mol. The van der Waals surface area contributed by atoms with Crippen molar-refractivity contribution in [3.05, 3.63) is 12.2 Å². The lowest BCUT2D eigenvalue weighted by Crippen LogP contribution is -2.37. The van der Waals surface area contributed by atoms with Crippen LogP contribution >= 0.6 is 7.82 Å². The summed E-state index contributed by atoms with van der Waals surface area (Å²) in [4.78, 5) is 35.5. The van der Waals surface area contributed by atoms with Gasteiger partial charge in [-0.25, -0.2) is 4.57 Å².